The number of anilines is 1. The molecule has 2 aromatic rings. The Labute approximate surface area is 180 Å². The summed E-state index contributed by atoms with van der Waals surface area (Å²) in [6.07, 6.45) is 4.74. The van der Waals surface area contributed by atoms with Crippen molar-refractivity contribution in [1.29, 1.82) is 0 Å². The zero-order valence-corrected chi connectivity index (χ0v) is 19.0. The molecule has 2 heterocycles. The van der Waals surface area contributed by atoms with Crippen LogP contribution in [0.25, 0.3) is 0 Å². The van der Waals surface area contributed by atoms with Crippen LogP contribution in [0, 0.1) is 19.8 Å². The van der Waals surface area contributed by atoms with E-state index < -0.39 is 0 Å². The summed E-state index contributed by atoms with van der Waals surface area (Å²) in [5.74, 6) is -0.806. The van der Waals surface area contributed by atoms with Crippen LogP contribution in [0.3, 0.4) is 0 Å². The van der Waals surface area contributed by atoms with Gasteiger partial charge in [0, 0.05) is 4.88 Å². The summed E-state index contributed by atoms with van der Waals surface area (Å²) < 4.78 is 7.16. The number of amides is 1. The number of rotatable bonds is 7. The van der Waals surface area contributed by atoms with Gasteiger partial charge in [-0.15, -0.1) is 11.3 Å². The number of halogens is 1. The van der Waals surface area contributed by atoms with E-state index in [-0.39, 0.29) is 17.8 Å². The molecular weight excluding hydrogens is 410 g/mol. The van der Waals surface area contributed by atoms with Gasteiger partial charge in [-0.2, -0.15) is 5.10 Å². The standard InChI is InChI=1S/C21H28ClN3O3S/c1-5-10-28-21(27)17-15-8-6-7-9-16(15)29-20(17)23-19(26)12(2)11-25-14(4)18(22)13(3)24-25/h12H,5-11H2,1-4H3,(H,23,26). The number of esters is 1. The topological polar surface area (TPSA) is 73.2 Å². The van der Waals surface area contributed by atoms with Crippen molar-refractivity contribution in [1.82, 2.24) is 9.78 Å². The fraction of sp³-hybridized carbons (Fsp3) is 0.571. The van der Waals surface area contributed by atoms with Crippen LogP contribution >= 0.6 is 22.9 Å². The average Bonchev–Trinajstić information content (AvgIpc) is 3.18. The Balaban J connectivity index is 1.79. The normalized spacial score (nSPS) is 14.4. The summed E-state index contributed by atoms with van der Waals surface area (Å²) in [7, 11) is 0. The van der Waals surface area contributed by atoms with Gasteiger partial charge in [0.2, 0.25) is 5.91 Å². The number of hydrogen-bond acceptors (Lipinski definition) is 5. The number of aryl methyl sites for hydroxylation is 2. The zero-order chi connectivity index (χ0) is 21.1. The largest absolute Gasteiger partial charge is 0.462 e. The molecule has 158 valence electrons. The highest BCUT2D eigenvalue weighted by Gasteiger charge is 2.28. The molecule has 1 amide bonds. The molecule has 29 heavy (non-hydrogen) atoms. The maximum atomic E-state index is 12.9. The number of thiophene rings is 1. The summed E-state index contributed by atoms with van der Waals surface area (Å²) in [6.45, 7) is 8.36. The highest BCUT2D eigenvalue weighted by atomic mass is 35.5. The van der Waals surface area contributed by atoms with Gasteiger partial charge in [-0.25, -0.2) is 4.79 Å². The first-order valence-corrected chi connectivity index (χ1v) is 11.3. The number of carbonyl (C=O) groups is 2. The van der Waals surface area contributed by atoms with E-state index in [1.165, 1.54) is 16.2 Å². The Morgan fingerprint density at radius 1 is 1.31 bits per heavy atom. The van der Waals surface area contributed by atoms with Gasteiger partial charge in [0.05, 0.1) is 41.0 Å². The van der Waals surface area contributed by atoms with Gasteiger partial charge < -0.3 is 10.1 Å². The molecule has 0 fully saturated rings. The lowest BCUT2D eigenvalue weighted by Gasteiger charge is -2.14. The first-order valence-electron chi connectivity index (χ1n) is 10.2. The van der Waals surface area contributed by atoms with Gasteiger partial charge in [0.1, 0.15) is 5.00 Å². The van der Waals surface area contributed by atoms with Crippen molar-refractivity contribution in [2.24, 2.45) is 5.92 Å². The van der Waals surface area contributed by atoms with Gasteiger partial charge in [0.25, 0.3) is 0 Å². The predicted octanol–water partition coefficient (Wildman–Crippen LogP) is 4.94. The molecule has 0 aliphatic heterocycles. The first kappa shape index (κ1) is 21.8. The lowest BCUT2D eigenvalue weighted by atomic mass is 9.95. The molecule has 0 saturated heterocycles. The number of hydrogen-bond donors (Lipinski definition) is 1. The summed E-state index contributed by atoms with van der Waals surface area (Å²) in [6, 6.07) is 0. The lowest BCUT2D eigenvalue weighted by Crippen LogP contribution is -2.26. The molecule has 6 nitrogen and oxygen atoms in total. The molecule has 1 aliphatic rings. The third-order valence-electron chi connectivity index (χ3n) is 5.24. The Kier molecular flexibility index (Phi) is 7.01. The number of fused-ring (bicyclic) bond motifs is 1. The number of carbonyl (C=O) groups excluding carboxylic acids is 2. The Morgan fingerprint density at radius 2 is 2.03 bits per heavy atom. The van der Waals surface area contributed by atoms with Crippen LogP contribution in [-0.2, 0) is 28.9 Å². The van der Waals surface area contributed by atoms with Crippen LogP contribution in [0.2, 0.25) is 5.02 Å². The molecule has 8 heteroatoms. The highest BCUT2D eigenvalue weighted by Crippen LogP contribution is 2.39. The third kappa shape index (κ3) is 4.67. The van der Waals surface area contributed by atoms with Crippen molar-refractivity contribution < 1.29 is 14.3 Å². The first-order chi connectivity index (χ1) is 13.8. The molecule has 1 atom stereocenters. The van der Waals surface area contributed by atoms with Gasteiger partial charge in [0.15, 0.2) is 0 Å². The molecule has 3 rings (SSSR count). The van der Waals surface area contributed by atoms with Crippen molar-refractivity contribution in [3.63, 3.8) is 0 Å². The van der Waals surface area contributed by atoms with E-state index in [1.807, 2.05) is 27.7 Å². The molecule has 0 radical (unpaired) electrons. The van der Waals surface area contributed by atoms with E-state index >= 15 is 0 Å². The second kappa shape index (κ2) is 9.30. The van der Waals surface area contributed by atoms with Crippen LogP contribution in [0.15, 0.2) is 0 Å². The molecular formula is C21H28ClN3O3S. The van der Waals surface area contributed by atoms with E-state index in [2.05, 4.69) is 10.4 Å². The maximum Gasteiger partial charge on any atom is 0.341 e. The van der Waals surface area contributed by atoms with Crippen LogP contribution in [0.5, 0.6) is 0 Å². The van der Waals surface area contributed by atoms with Crippen LogP contribution < -0.4 is 5.32 Å². The fourth-order valence-corrected chi connectivity index (χ4v) is 4.98. The number of ether oxygens (including phenoxy) is 1. The van der Waals surface area contributed by atoms with Gasteiger partial charge in [-0.05, 0) is 51.5 Å². The van der Waals surface area contributed by atoms with Crippen LogP contribution in [0.4, 0.5) is 5.00 Å². The lowest BCUT2D eigenvalue weighted by molar-refractivity contribution is -0.119. The van der Waals surface area contributed by atoms with Crippen molar-refractivity contribution in [3.05, 3.63) is 32.4 Å². The minimum atomic E-state index is -0.334. The predicted molar refractivity (Wildman–Crippen MR) is 116 cm³/mol. The zero-order valence-electron chi connectivity index (χ0n) is 17.4. The molecule has 2 aromatic heterocycles. The minimum Gasteiger partial charge on any atom is -0.462 e. The Morgan fingerprint density at radius 3 is 2.69 bits per heavy atom. The van der Waals surface area contributed by atoms with E-state index in [0.29, 0.717) is 28.7 Å². The Bertz CT molecular complexity index is 919. The summed E-state index contributed by atoms with van der Waals surface area (Å²) in [5.41, 5.74) is 3.20. The minimum absolute atomic E-state index is 0.142. The number of nitrogens with one attached hydrogen (secondary N) is 1. The maximum absolute atomic E-state index is 12.9. The molecule has 1 aliphatic carbocycles. The van der Waals surface area contributed by atoms with E-state index in [9.17, 15) is 9.59 Å². The second-order valence-electron chi connectivity index (χ2n) is 7.61. The fourth-order valence-electron chi connectivity index (χ4n) is 3.57. The quantitative estimate of drug-likeness (QED) is 0.623. The summed E-state index contributed by atoms with van der Waals surface area (Å²) in [5, 5.41) is 8.64. The van der Waals surface area contributed by atoms with E-state index in [4.69, 9.17) is 16.3 Å². The summed E-state index contributed by atoms with van der Waals surface area (Å²) in [4.78, 5) is 26.8. The second-order valence-corrected chi connectivity index (χ2v) is 9.09. The number of aromatic nitrogens is 2. The van der Waals surface area contributed by atoms with Crippen LogP contribution in [-0.4, -0.2) is 28.3 Å². The van der Waals surface area contributed by atoms with Gasteiger partial charge >= 0.3 is 5.97 Å². The van der Waals surface area contributed by atoms with Gasteiger partial charge in [-0.1, -0.05) is 25.4 Å². The van der Waals surface area contributed by atoms with Crippen LogP contribution in [0.1, 0.15) is 65.3 Å². The SMILES string of the molecule is CCCOC(=O)c1c(NC(=O)C(C)Cn2nc(C)c(Cl)c2C)sc2c1CCCC2. The van der Waals surface area contributed by atoms with Crippen molar-refractivity contribution >= 4 is 39.8 Å². The molecule has 1 N–H and O–H groups in total. The monoisotopic (exact) mass is 437 g/mol. The molecule has 0 saturated carbocycles. The smallest absolute Gasteiger partial charge is 0.341 e. The average molecular weight is 438 g/mol. The number of nitrogens with zero attached hydrogens (tertiary/aromatic N) is 2. The highest BCUT2D eigenvalue weighted by molar-refractivity contribution is 7.17. The molecule has 1 unspecified atom stereocenters. The van der Waals surface area contributed by atoms with Crippen molar-refractivity contribution in [2.45, 2.75) is 66.3 Å². The van der Waals surface area contributed by atoms with E-state index in [1.54, 1.807) is 4.68 Å². The molecule has 0 aromatic carbocycles. The summed E-state index contributed by atoms with van der Waals surface area (Å²) >= 11 is 7.72. The van der Waals surface area contributed by atoms with Crippen molar-refractivity contribution in [2.75, 3.05) is 11.9 Å². The van der Waals surface area contributed by atoms with E-state index in [0.717, 1.165) is 49.1 Å². The van der Waals surface area contributed by atoms with Gasteiger partial charge in [-0.3, -0.25) is 9.48 Å². The van der Waals surface area contributed by atoms with Crippen molar-refractivity contribution in [3.8, 4) is 0 Å². The molecule has 0 bridgehead atoms. The molecule has 0 spiro atoms. The third-order valence-corrected chi connectivity index (χ3v) is 6.99. The Hall–Kier alpha value is -1.86.